The first-order chi connectivity index (χ1) is 8.75. The lowest BCUT2D eigenvalue weighted by Gasteiger charge is -2.25. The van der Waals surface area contributed by atoms with Crippen LogP contribution in [0.15, 0.2) is 24.3 Å². The summed E-state index contributed by atoms with van der Waals surface area (Å²) < 4.78 is 0. The Balaban J connectivity index is 2.02. The van der Waals surface area contributed by atoms with Crippen molar-refractivity contribution in [1.82, 2.24) is 15.3 Å². The Hall–Kier alpha value is -1.88. The van der Waals surface area contributed by atoms with Gasteiger partial charge in [-0.1, -0.05) is 12.1 Å². The van der Waals surface area contributed by atoms with E-state index in [4.69, 9.17) is 5.73 Å². The second-order valence-corrected chi connectivity index (χ2v) is 4.68. The molecule has 1 atom stereocenters. The molecule has 3 rings (SSSR count). The van der Waals surface area contributed by atoms with Crippen molar-refractivity contribution < 1.29 is 0 Å². The fourth-order valence-corrected chi connectivity index (χ4v) is 2.41. The molecule has 0 amide bonds. The van der Waals surface area contributed by atoms with Crippen LogP contribution in [-0.4, -0.2) is 36.1 Å². The van der Waals surface area contributed by atoms with Gasteiger partial charge in [-0.3, -0.25) is 0 Å². The summed E-state index contributed by atoms with van der Waals surface area (Å²) in [6.45, 7) is 2.03. The van der Waals surface area contributed by atoms with E-state index < -0.39 is 0 Å². The molecule has 18 heavy (non-hydrogen) atoms. The van der Waals surface area contributed by atoms with Crippen molar-refractivity contribution >= 4 is 22.7 Å². The number of likely N-dealkylation sites (N-methyl/N-ethyl adjacent to an activating group) is 1. The third-order valence-corrected chi connectivity index (χ3v) is 3.49. The van der Waals surface area contributed by atoms with Crippen LogP contribution in [0.2, 0.25) is 0 Å². The molecule has 1 aliphatic heterocycles. The van der Waals surface area contributed by atoms with Gasteiger partial charge in [0.1, 0.15) is 0 Å². The van der Waals surface area contributed by atoms with Crippen LogP contribution in [0.3, 0.4) is 0 Å². The summed E-state index contributed by atoms with van der Waals surface area (Å²) >= 11 is 0. The number of para-hydroxylation sites is 2. The van der Waals surface area contributed by atoms with Gasteiger partial charge < -0.3 is 16.0 Å². The van der Waals surface area contributed by atoms with Crippen molar-refractivity contribution in [3.05, 3.63) is 24.3 Å². The Morgan fingerprint density at radius 1 is 1.28 bits per heavy atom. The van der Waals surface area contributed by atoms with E-state index in [-0.39, 0.29) is 0 Å². The van der Waals surface area contributed by atoms with E-state index in [1.807, 2.05) is 31.3 Å². The van der Waals surface area contributed by atoms with Crippen molar-refractivity contribution in [3.8, 4) is 0 Å². The minimum Gasteiger partial charge on any atom is -0.381 e. The molecule has 1 aromatic heterocycles. The summed E-state index contributed by atoms with van der Waals surface area (Å²) in [5.41, 5.74) is 7.75. The highest BCUT2D eigenvalue weighted by Gasteiger charge is 2.22. The number of hydrogen-bond donors (Lipinski definition) is 2. The monoisotopic (exact) mass is 243 g/mol. The van der Waals surface area contributed by atoms with E-state index >= 15 is 0 Å². The van der Waals surface area contributed by atoms with Crippen LogP contribution >= 0.6 is 0 Å². The highest BCUT2D eigenvalue weighted by Crippen LogP contribution is 2.24. The molecule has 0 bridgehead atoms. The van der Waals surface area contributed by atoms with Crippen LogP contribution in [0, 0.1) is 0 Å². The maximum atomic E-state index is 6.02. The number of nitrogens with zero attached hydrogens (tertiary/aromatic N) is 3. The SMILES string of the molecule is CN(c1nc2ccccc2nc1N)[C@@H]1CCNC1. The molecule has 1 aliphatic rings. The van der Waals surface area contributed by atoms with E-state index in [0.717, 1.165) is 36.4 Å². The van der Waals surface area contributed by atoms with Crippen LogP contribution < -0.4 is 16.0 Å². The van der Waals surface area contributed by atoms with Crippen molar-refractivity contribution in [1.29, 1.82) is 0 Å². The average molecular weight is 243 g/mol. The molecule has 1 fully saturated rings. The van der Waals surface area contributed by atoms with Gasteiger partial charge in [-0.05, 0) is 25.1 Å². The van der Waals surface area contributed by atoms with Crippen molar-refractivity contribution in [2.24, 2.45) is 0 Å². The van der Waals surface area contributed by atoms with Gasteiger partial charge in [-0.15, -0.1) is 0 Å². The fourth-order valence-electron chi connectivity index (χ4n) is 2.41. The Morgan fingerprint density at radius 2 is 2.00 bits per heavy atom. The third kappa shape index (κ3) is 1.86. The molecule has 0 radical (unpaired) electrons. The molecule has 94 valence electrons. The summed E-state index contributed by atoms with van der Waals surface area (Å²) in [7, 11) is 2.03. The summed E-state index contributed by atoms with van der Waals surface area (Å²) in [5, 5.41) is 3.35. The number of fused-ring (bicyclic) bond motifs is 1. The Morgan fingerprint density at radius 3 is 2.67 bits per heavy atom. The topological polar surface area (TPSA) is 67.1 Å². The molecule has 2 heterocycles. The first-order valence-electron chi connectivity index (χ1n) is 6.21. The number of aromatic nitrogens is 2. The first kappa shape index (κ1) is 11.2. The first-order valence-corrected chi connectivity index (χ1v) is 6.21. The zero-order valence-corrected chi connectivity index (χ0v) is 10.4. The molecule has 0 saturated carbocycles. The highest BCUT2D eigenvalue weighted by atomic mass is 15.2. The molecule has 2 aromatic rings. The summed E-state index contributed by atoms with van der Waals surface area (Å²) in [4.78, 5) is 11.2. The number of benzene rings is 1. The largest absolute Gasteiger partial charge is 0.381 e. The molecule has 0 spiro atoms. The standard InChI is InChI=1S/C13H17N5/c1-18(9-6-7-15-8-9)13-12(14)16-10-4-2-3-5-11(10)17-13/h2-5,9,15H,6-8H2,1H3,(H2,14,16)/t9-/m1/s1. The van der Waals surface area contributed by atoms with Crippen LogP contribution in [-0.2, 0) is 0 Å². The van der Waals surface area contributed by atoms with Crippen LogP contribution in [0.1, 0.15) is 6.42 Å². The summed E-state index contributed by atoms with van der Waals surface area (Å²) in [6, 6.07) is 8.25. The Labute approximate surface area is 106 Å². The van der Waals surface area contributed by atoms with Gasteiger partial charge in [0.15, 0.2) is 11.6 Å². The number of anilines is 2. The van der Waals surface area contributed by atoms with Crippen LogP contribution in [0.5, 0.6) is 0 Å². The molecule has 1 aromatic carbocycles. The van der Waals surface area contributed by atoms with E-state index in [2.05, 4.69) is 20.2 Å². The van der Waals surface area contributed by atoms with Gasteiger partial charge in [0.05, 0.1) is 11.0 Å². The predicted molar refractivity (Wildman–Crippen MR) is 73.6 cm³/mol. The van der Waals surface area contributed by atoms with Crippen molar-refractivity contribution in [3.63, 3.8) is 0 Å². The Bertz CT molecular complexity index is 562. The fraction of sp³-hybridized carbons (Fsp3) is 0.385. The number of hydrogen-bond acceptors (Lipinski definition) is 5. The maximum Gasteiger partial charge on any atom is 0.172 e. The van der Waals surface area contributed by atoms with E-state index in [1.165, 1.54) is 0 Å². The second-order valence-electron chi connectivity index (χ2n) is 4.68. The van der Waals surface area contributed by atoms with E-state index in [1.54, 1.807) is 0 Å². The van der Waals surface area contributed by atoms with Gasteiger partial charge in [-0.2, -0.15) is 0 Å². The minimum absolute atomic E-state index is 0.447. The Kier molecular flexibility index (Phi) is 2.76. The summed E-state index contributed by atoms with van der Waals surface area (Å²) in [6.07, 6.45) is 1.12. The predicted octanol–water partition coefficient (Wildman–Crippen LogP) is 1.01. The molecular weight excluding hydrogens is 226 g/mol. The van der Waals surface area contributed by atoms with Gasteiger partial charge in [0.2, 0.25) is 0 Å². The van der Waals surface area contributed by atoms with Gasteiger partial charge >= 0.3 is 0 Å². The lowest BCUT2D eigenvalue weighted by molar-refractivity contribution is 0.679. The maximum absolute atomic E-state index is 6.02. The molecule has 3 N–H and O–H groups in total. The van der Waals surface area contributed by atoms with Crippen LogP contribution in [0.4, 0.5) is 11.6 Å². The molecule has 1 saturated heterocycles. The lowest BCUT2D eigenvalue weighted by Crippen LogP contribution is -2.34. The van der Waals surface area contributed by atoms with Gasteiger partial charge in [0.25, 0.3) is 0 Å². The van der Waals surface area contributed by atoms with Crippen LogP contribution in [0.25, 0.3) is 11.0 Å². The number of nitrogens with two attached hydrogens (primary N) is 1. The normalized spacial score (nSPS) is 19.3. The second kappa shape index (κ2) is 4.42. The lowest BCUT2D eigenvalue weighted by atomic mass is 10.2. The van der Waals surface area contributed by atoms with E-state index in [0.29, 0.717) is 11.9 Å². The van der Waals surface area contributed by atoms with Crippen molar-refractivity contribution in [2.45, 2.75) is 12.5 Å². The van der Waals surface area contributed by atoms with Gasteiger partial charge in [-0.25, -0.2) is 9.97 Å². The molecule has 5 heteroatoms. The van der Waals surface area contributed by atoms with Gasteiger partial charge in [0, 0.05) is 19.6 Å². The smallest absolute Gasteiger partial charge is 0.172 e. The third-order valence-electron chi connectivity index (χ3n) is 3.49. The molecule has 0 unspecified atom stereocenters. The zero-order chi connectivity index (χ0) is 12.5. The average Bonchev–Trinajstić information content (AvgIpc) is 2.91. The number of nitrogens with one attached hydrogen (secondary N) is 1. The van der Waals surface area contributed by atoms with E-state index in [9.17, 15) is 0 Å². The summed E-state index contributed by atoms with van der Waals surface area (Å²) in [5.74, 6) is 1.28. The minimum atomic E-state index is 0.447. The zero-order valence-electron chi connectivity index (χ0n) is 10.4. The molecule has 5 nitrogen and oxygen atoms in total. The highest BCUT2D eigenvalue weighted by molar-refractivity contribution is 5.79. The molecule has 0 aliphatic carbocycles. The molecular formula is C13H17N5. The van der Waals surface area contributed by atoms with Crippen molar-refractivity contribution in [2.75, 3.05) is 30.8 Å². The quantitative estimate of drug-likeness (QED) is 0.824. The number of rotatable bonds is 2. The number of nitrogen functional groups attached to an aromatic ring is 1.